The number of hydrogen-bond donors (Lipinski definition) is 1. The molecular weight excluding hydrogens is 385 g/mol. The Hall–Kier alpha value is -2.84. The van der Waals surface area contributed by atoms with Gasteiger partial charge in [-0.25, -0.2) is 13.2 Å². The van der Waals surface area contributed by atoms with Gasteiger partial charge in [0.25, 0.3) is 0 Å². The molecule has 1 aromatic carbocycles. The molecule has 2 amide bonds. The van der Waals surface area contributed by atoms with Gasteiger partial charge >= 0.3 is 0 Å². The molecule has 2 rings (SSSR count). The van der Waals surface area contributed by atoms with E-state index in [9.17, 15) is 22.8 Å². The zero-order valence-corrected chi connectivity index (χ0v) is 17.0. The first-order chi connectivity index (χ1) is 13.6. The summed E-state index contributed by atoms with van der Waals surface area (Å²) < 4.78 is 41.8. The van der Waals surface area contributed by atoms with E-state index < -0.39 is 29.0 Å². The summed E-state index contributed by atoms with van der Waals surface area (Å²) in [6, 6.07) is 1.66. The quantitative estimate of drug-likeness (QED) is 0.680. The molecule has 0 radical (unpaired) electrons. The van der Waals surface area contributed by atoms with Gasteiger partial charge in [-0.2, -0.15) is 5.10 Å². The van der Waals surface area contributed by atoms with E-state index in [2.05, 4.69) is 10.4 Å². The third-order valence-electron chi connectivity index (χ3n) is 4.74. The van der Waals surface area contributed by atoms with Crippen LogP contribution < -0.4 is 5.32 Å². The van der Waals surface area contributed by atoms with Crippen LogP contribution >= 0.6 is 0 Å². The Morgan fingerprint density at radius 1 is 1.17 bits per heavy atom. The average molecular weight is 410 g/mol. The molecule has 9 heteroatoms. The van der Waals surface area contributed by atoms with E-state index in [0.29, 0.717) is 19.4 Å². The topological polar surface area (TPSA) is 67.2 Å². The van der Waals surface area contributed by atoms with E-state index >= 15 is 0 Å². The van der Waals surface area contributed by atoms with Crippen molar-refractivity contribution in [3.63, 3.8) is 0 Å². The average Bonchev–Trinajstić information content (AvgIpc) is 2.91. The van der Waals surface area contributed by atoms with Gasteiger partial charge in [-0.3, -0.25) is 14.3 Å². The lowest BCUT2D eigenvalue weighted by Crippen LogP contribution is -2.38. The second-order valence-corrected chi connectivity index (χ2v) is 6.86. The standard InChI is InChI=1S/C20H25F3N4O2/c1-5-10-27(18(29)9-6-14-12(2)25-26(4)13(14)3)11-17(28)24-16-8-7-15(21)19(22)20(16)23/h7-8H,5-6,9-11H2,1-4H3,(H,24,28). The number of aromatic nitrogens is 2. The highest BCUT2D eigenvalue weighted by molar-refractivity contribution is 5.94. The first kappa shape index (κ1) is 22.4. The smallest absolute Gasteiger partial charge is 0.244 e. The molecule has 0 aliphatic rings. The van der Waals surface area contributed by atoms with Crippen molar-refractivity contribution in [1.82, 2.24) is 14.7 Å². The van der Waals surface area contributed by atoms with Crippen LogP contribution in [0.2, 0.25) is 0 Å². The SMILES string of the molecule is CCCN(CC(=O)Nc1ccc(F)c(F)c1F)C(=O)CCc1c(C)nn(C)c1C. The maximum absolute atomic E-state index is 13.7. The van der Waals surface area contributed by atoms with Crippen molar-refractivity contribution in [3.8, 4) is 0 Å². The Bertz CT molecular complexity index is 912. The van der Waals surface area contributed by atoms with Gasteiger partial charge in [-0.1, -0.05) is 6.92 Å². The largest absolute Gasteiger partial charge is 0.333 e. The Kier molecular flexibility index (Phi) is 7.41. The van der Waals surface area contributed by atoms with E-state index in [1.54, 1.807) is 4.68 Å². The van der Waals surface area contributed by atoms with Gasteiger partial charge in [-0.05, 0) is 44.4 Å². The van der Waals surface area contributed by atoms with E-state index in [0.717, 1.165) is 29.1 Å². The molecular formula is C20H25F3N4O2. The minimum Gasteiger partial charge on any atom is -0.333 e. The van der Waals surface area contributed by atoms with Crippen molar-refractivity contribution in [2.45, 2.75) is 40.0 Å². The molecule has 0 unspecified atom stereocenters. The number of anilines is 1. The van der Waals surface area contributed by atoms with Crippen LogP contribution in [0.5, 0.6) is 0 Å². The molecule has 0 aliphatic heterocycles. The fraction of sp³-hybridized carbons (Fsp3) is 0.450. The molecule has 0 aliphatic carbocycles. The molecule has 0 atom stereocenters. The number of hydrogen-bond acceptors (Lipinski definition) is 3. The Morgan fingerprint density at radius 3 is 2.45 bits per heavy atom. The highest BCUT2D eigenvalue weighted by Gasteiger charge is 2.20. The molecule has 0 spiro atoms. The molecule has 1 N–H and O–H groups in total. The van der Waals surface area contributed by atoms with Crippen LogP contribution in [0.3, 0.4) is 0 Å². The minimum atomic E-state index is -1.66. The van der Waals surface area contributed by atoms with E-state index in [1.807, 2.05) is 27.8 Å². The number of aryl methyl sites for hydroxylation is 2. The van der Waals surface area contributed by atoms with Gasteiger partial charge in [0.2, 0.25) is 11.8 Å². The van der Waals surface area contributed by atoms with Crippen molar-refractivity contribution < 1.29 is 22.8 Å². The Morgan fingerprint density at radius 2 is 1.86 bits per heavy atom. The van der Waals surface area contributed by atoms with Gasteiger partial charge in [0.15, 0.2) is 17.5 Å². The third-order valence-corrected chi connectivity index (χ3v) is 4.74. The zero-order chi connectivity index (χ0) is 21.7. The van der Waals surface area contributed by atoms with Gasteiger partial charge in [0, 0.05) is 25.7 Å². The van der Waals surface area contributed by atoms with Gasteiger partial charge < -0.3 is 10.2 Å². The molecule has 0 fully saturated rings. The number of halogens is 3. The second-order valence-electron chi connectivity index (χ2n) is 6.86. The maximum atomic E-state index is 13.7. The number of nitrogens with zero attached hydrogens (tertiary/aromatic N) is 3. The molecule has 0 saturated heterocycles. The Labute approximate surface area is 167 Å². The molecule has 29 heavy (non-hydrogen) atoms. The lowest BCUT2D eigenvalue weighted by atomic mass is 10.1. The lowest BCUT2D eigenvalue weighted by Gasteiger charge is -2.22. The fourth-order valence-electron chi connectivity index (χ4n) is 3.12. The summed E-state index contributed by atoms with van der Waals surface area (Å²) in [6.45, 7) is 5.70. The summed E-state index contributed by atoms with van der Waals surface area (Å²) in [5.41, 5.74) is 2.35. The lowest BCUT2D eigenvalue weighted by molar-refractivity contribution is -0.134. The molecule has 2 aromatic rings. The Balaban J connectivity index is 2.02. The summed E-state index contributed by atoms with van der Waals surface area (Å²) in [5.74, 6) is -5.40. The van der Waals surface area contributed by atoms with Crippen LogP contribution in [0.25, 0.3) is 0 Å². The molecule has 1 heterocycles. The maximum Gasteiger partial charge on any atom is 0.244 e. The van der Waals surface area contributed by atoms with Crippen molar-refractivity contribution in [2.24, 2.45) is 7.05 Å². The summed E-state index contributed by atoms with van der Waals surface area (Å²) in [4.78, 5) is 26.2. The molecule has 158 valence electrons. The third kappa shape index (κ3) is 5.36. The van der Waals surface area contributed by atoms with Gasteiger partial charge in [0.1, 0.15) is 0 Å². The van der Waals surface area contributed by atoms with Crippen molar-refractivity contribution in [3.05, 3.63) is 46.5 Å². The van der Waals surface area contributed by atoms with E-state index in [-0.39, 0.29) is 18.9 Å². The van der Waals surface area contributed by atoms with Crippen molar-refractivity contribution in [1.29, 1.82) is 0 Å². The van der Waals surface area contributed by atoms with Crippen molar-refractivity contribution >= 4 is 17.5 Å². The number of carbonyl (C=O) groups is 2. The van der Waals surface area contributed by atoms with Crippen LogP contribution in [0.4, 0.5) is 18.9 Å². The van der Waals surface area contributed by atoms with Gasteiger partial charge in [0.05, 0.1) is 17.9 Å². The molecule has 6 nitrogen and oxygen atoms in total. The van der Waals surface area contributed by atoms with Crippen molar-refractivity contribution in [2.75, 3.05) is 18.4 Å². The summed E-state index contributed by atoms with van der Waals surface area (Å²) in [5, 5.41) is 6.51. The highest BCUT2D eigenvalue weighted by atomic mass is 19.2. The number of nitrogens with one attached hydrogen (secondary N) is 1. The number of carbonyl (C=O) groups excluding carboxylic acids is 2. The summed E-state index contributed by atoms with van der Waals surface area (Å²) >= 11 is 0. The molecule has 1 aromatic heterocycles. The van der Waals surface area contributed by atoms with Crippen LogP contribution in [-0.4, -0.2) is 39.6 Å². The summed E-state index contributed by atoms with van der Waals surface area (Å²) in [7, 11) is 1.83. The predicted octanol–water partition coefficient (Wildman–Crippen LogP) is 3.26. The predicted molar refractivity (Wildman–Crippen MR) is 103 cm³/mol. The first-order valence-electron chi connectivity index (χ1n) is 9.35. The monoisotopic (exact) mass is 410 g/mol. The van der Waals surface area contributed by atoms with Gasteiger partial charge in [-0.15, -0.1) is 0 Å². The van der Waals surface area contributed by atoms with E-state index in [1.165, 1.54) is 4.90 Å². The molecule has 0 bridgehead atoms. The number of rotatable bonds is 8. The van der Waals surface area contributed by atoms with E-state index in [4.69, 9.17) is 0 Å². The number of amides is 2. The zero-order valence-electron chi connectivity index (χ0n) is 17.0. The van der Waals surface area contributed by atoms with Crippen LogP contribution in [-0.2, 0) is 23.1 Å². The minimum absolute atomic E-state index is 0.195. The summed E-state index contributed by atoms with van der Waals surface area (Å²) in [6.07, 6.45) is 1.31. The first-order valence-corrected chi connectivity index (χ1v) is 9.35. The normalized spacial score (nSPS) is 10.9. The highest BCUT2D eigenvalue weighted by Crippen LogP contribution is 2.20. The molecule has 0 saturated carbocycles. The van der Waals surface area contributed by atoms with Crippen LogP contribution in [0, 0.1) is 31.3 Å². The van der Waals surface area contributed by atoms with Crippen LogP contribution in [0.15, 0.2) is 12.1 Å². The fourth-order valence-corrected chi connectivity index (χ4v) is 3.12. The van der Waals surface area contributed by atoms with Crippen LogP contribution in [0.1, 0.15) is 36.7 Å². The number of benzene rings is 1. The second kappa shape index (κ2) is 9.58.